The molecule has 0 bridgehead atoms. The third-order valence-electron chi connectivity index (χ3n) is 5.75. The van der Waals surface area contributed by atoms with Crippen LogP contribution in [-0.4, -0.2) is 16.5 Å². The number of aryl methyl sites for hydroxylation is 3. The van der Waals surface area contributed by atoms with Crippen LogP contribution in [0, 0.1) is 6.92 Å². The van der Waals surface area contributed by atoms with Crippen LogP contribution >= 0.6 is 0 Å². The molecule has 2 heterocycles. The molecule has 30 heavy (non-hydrogen) atoms. The third kappa shape index (κ3) is 4.29. The number of nitrogens with zero attached hydrogens (tertiary/aromatic N) is 2. The molecular weight excluding hydrogens is 368 g/mol. The Labute approximate surface area is 178 Å². The Morgan fingerprint density at radius 2 is 1.73 bits per heavy atom. The highest BCUT2D eigenvalue weighted by molar-refractivity contribution is 6.08. The SMILES string of the molecule is CCCNC(C)c1ccc(CCc2cnc3c(N)nc4cc(C)ccc4c3c2)cc1. The van der Waals surface area contributed by atoms with E-state index in [2.05, 4.69) is 84.6 Å². The molecule has 4 aromatic rings. The maximum atomic E-state index is 6.18. The number of aromatic nitrogens is 2. The summed E-state index contributed by atoms with van der Waals surface area (Å²) < 4.78 is 0. The minimum atomic E-state index is 0.389. The summed E-state index contributed by atoms with van der Waals surface area (Å²) in [6.45, 7) is 7.53. The molecule has 0 fully saturated rings. The number of nitrogen functional groups attached to an aromatic ring is 1. The maximum absolute atomic E-state index is 6.18. The van der Waals surface area contributed by atoms with Gasteiger partial charge in [-0.1, -0.05) is 43.3 Å². The van der Waals surface area contributed by atoms with Crippen LogP contribution in [0.25, 0.3) is 21.8 Å². The number of pyridine rings is 2. The van der Waals surface area contributed by atoms with Crippen molar-refractivity contribution >= 4 is 27.6 Å². The lowest BCUT2D eigenvalue weighted by Gasteiger charge is -2.14. The largest absolute Gasteiger partial charge is 0.382 e. The minimum absolute atomic E-state index is 0.389. The van der Waals surface area contributed by atoms with Gasteiger partial charge in [0.15, 0.2) is 5.82 Å². The lowest BCUT2D eigenvalue weighted by molar-refractivity contribution is 0.570. The Hall–Kier alpha value is -2.98. The molecule has 1 unspecified atom stereocenters. The van der Waals surface area contributed by atoms with Gasteiger partial charge in [-0.25, -0.2) is 4.98 Å². The van der Waals surface area contributed by atoms with Crippen molar-refractivity contribution in [2.75, 3.05) is 12.3 Å². The number of fused-ring (bicyclic) bond motifs is 3. The zero-order valence-electron chi connectivity index (χ0n) is 18.1. The summed E-state index contributed by atoms with van der Waals surface area (Å²) in [5.74, 6) is 0.496. The Balaban J connectivity index is 1.53. The fourth-order valence-electron chi connectivity index (χ4n) is 3.94. The Morgan fingerprint density at radius 1 is 0.967 bits per heavy atom. The average molecular weight is 399 g/mol. The maximum Gasteiger partial charge on any atom is 0.150 e. The quantitative estimate of drug-likeness (QED) is 0.402. The van der Waals surface area contributed by atoms with E-state index >= 15 is 0 Å². The molecule has 0 spiro atoms. The van der Waals surface area contributed by atoms with E-state index in [1.54, 1.807) is 0 Å². The first kappa shape index (κ1) is 20.3. The summed E-state index contributed by atoms with van der Waals surface area (Å²) in [5, 5.41) is 5.73. The smallest absolute Gasteiger partial charge is 0.150 e. The highest BCUT2D eigenvalue weighted by Gasteiger charge is 2.09. The number of benzene rings is 2. The Kier molecular flexibility index (Phi) is 5.96. The lowest BCUT2D eigenvalue weighted by Crippen LogP contribution is -2.19. The highest BCUT2D eigenvalue weighted by Crippen LogP contribution is 2.28. The number of nitrogens with one attached hydrogen (secondary N) is 1. The summed E-state index contributed by atoms with van der Waals surface area (Å²) in [5.41, 5.74) is 13.0. The van der Waals surface area contributed by atoms with Crippen molar-refractivity contribution in [2.24, 2.45) is 0 Å². The first-order valence-corrected chi connectivity index (χ1v) is 10.8. The van der Waals surface area contributed by atoms with Crippen LogP contribution in [0.15, 0.2) is 54.7 Å². The van der Waals surface area contributed by atoms with Gasteiger partial charge in [0, 0.05) is 23.0 Å². The molecule has 4 rings (SSSR count). The summed E-state index contributed by atoms with van der Waals surface area (Å²) in [4.78, 5) is 9.17. The van der Waals surface area contributed by atoms with Crippen molar-refractivity contribution in [2.45, 2.75) is 46.1 Å². The van der Waals surface area contributed by atoms with Crippen LogP contribution in [0.1, 0.15) is 48.6 Å². The molecule has 0 amide bonds. The summed E-state index contributed by atoms with van der Waals surface area (Å²) in [7, 11) is 0. The van der Waals surface area contributed by atoms with Gasteiger partial charge in [0.25, 0.3) is 0 Å². The predicted molar refractivity (Wildman–Crippen MR) is 127 cm³/mol. The molecule has 0 saturated carbocycles. The predicted octanol–water partition coefficient (Wildman–Crippen LogP) is 5.52. The Morgan fingerprint density at radius 3 is 2.50 bits per heavy atom. The first-order valence-electron chi connectivity index (χ1n) is 10.8. The van der Waals surface area contributed by atoms with Crippen molar-refractivity contribution < 1.29 is 0 Å². The van der Waals surface area contributed by atoms with Crippen molar-refractivity contribution in [3.63, 3.8) is 0 Å². The highest BCUT2D eigenvalue weighted by atomic mass is 14.9. The van der Waals surface area contributed by atoms with E-state index < -0.39 is 0 Å². The second kappa shape index (κ2) is 8.80. The van der Waals surface area contributed by atoms with Gasteiger partial charge in [-0.15, -0.1) is 0 Å². The van der Waals surface area contributed by atoms with Crippen molar-refractivity contribution in [1.82, 2.24) is 15.3 Å². The van der Waals surface area contributed by atoms with Gasteiger partial charge >= 0.3 is 0 Å². The molecular formula is C26H30N4. The molecule has 0 aliphatic rings. The fraction of sp³-hybridized carbons (Fsp3) is 0.308. The summed E-state index contributed by atoms with van der Waals surface area (Å²) in [6.07, 6.45) is 5.02. The van der Waals surface area contributed by atoms with E-state index in [1.165, 1.54) is 22.3 Å². The number of anilines is 1. The molecule has 4 heteroatoms. The molecule has 0 saturated heterocycles. The second-order valence-corrected chi connectivity index (χ2v) is 8.17. The van der Waals surface area contributed by atoms with Crippen LogP contribution in [0.2, 0.25) is 0 Å². The molecule has 154 valence electrons. The third-order valence-corrected chi connectivity index (χ3v) is 5.75. The van der Waals surface area contributed by atoms with Crippen molar-refractivity contribution in [3.8, 4) is 0 Å². The molecule has 0 aliphatic carbocycles. The van der Waals surface area contributed by atoms with Gasteiger partial charge < -0.3 is 11.1 Å². The first-order chi connectivity index (χ1) is 14.5. The van der Waals surface area contributed by atoms with Crippen molar-refractivity contribution in [1.29, 1.82) is 0 Å². The van der Waals surface area contributed by atoms with E-state index in [1.807, 2.05) is 6.20 Å². The number of rotatable bonds is 7. The van der Waals surface area contributed by atoms with E-state index in [-0.39, 0.29) is 0 Å². The molecule has 0 aliphatic heterocycles. The van der Waals surface area contributed by atoms with Crippen LogP contribution in [0.3, 0.4) is 0 Å². The number of nitrogens with two attached hydrogens (primary N) is 1. The molecule has 1 atom stereocenters. The average Bonchev–Trinajstić information content (AvgIpc) is 2.76. The molecule has 2 aromatic carbocycles. The Bertz CT molecular complexity index is 1170. The normalized spacial score (nSPS) is 12.5. The monoisotopic (exact) mass is 398 g/mol. The van der Waals surface area contributed by atoms with Crippen LogP contribution in [0.4, 0.5) is 5.82 Å². The standard InChI is InChI=1S/C26H30N4/c1-4-13-28-18(3)21-10-8-19(9-11-21)6-7-20-15-23-22-12-5-17(2)14-24(22)30-26(27)25(23)29-16-20/h5,8-12,14-16,18,28H,4,6-7,13H2,1-3H3,(H2,27,30). The number of hydrogen-bond donors (Lipinski definition) is 2. The van der Waals surface area contributed by atoms with Crippen LogP contribution in [-0.2, 0) is 12.8 Å². The molecule has 4 nitrogen and oxygen atoms in total. The van der Waals surface area contributed by atoms with Gasteiger partial charge in [0.05, 0.1) is 5.52 Å². The van der Waals surface area contributed by atoms with E-state index in [9.17, 15) is 0 Å². The topological polar surface area (TPSA) is 63.8 Å². The number of hydrogen-bond acceptors (Lipinski definition) is 4. The van der Waals surface area contributed by atoms with Gasteiger partial charge in [-0.3, -0.25) is 4.98 Å². The molecule has 0 radical (unpaired) electrons. The lowest BCUT2D eigenvalue weighted by atomic mass is 10.0. The zero-order chi connectivity index (χ0) is 21.1. The molecule has 2 aromatic heterocycles. The van der Waals surface area contributed by atoms with Crippen molar-refractivity contribution in [3.05, 3.63) is 77.0 Å². The van der Waals surface area contributed by atoms with Crippen LogP contribution < -0.4 is 11.1 Å². The van der Waals surface area contributed by atoms with Gasteiger partial charge in [0.1, 0.15) is 5.52 Å². The van der Waals surface area contributed by atoms with Gasteiger partial charge in [-0.2, -0.15) is 0 Å². The molecule has 3 N–H and O–H groups in total. The fourth-order valence-corrected chi connectivity index (χ4v) is 3.94. The summed E-state index contributed by atoms with van der Waals surface area (Å²) >= 11 is 0. The van der Waals surface area contributed by atoms with E-state index in [0.29, 0.717) is 11.9 Å². The van der Waals surface area contributed by atoms with E-state index in [0.717, 1.165) is 47.6 Å². The van der Waals surface area contributed by atoms with E-state index in [4.69, 9.17) is 5.73 Å². The minimum Gasteiger partial charge on any atom is -0.382 e. The second-order valence-electron chi connectivity index (χ2n) is 8.17. The summed E-state index contributed by atoms with van der Waals surface area (Å²) in [6, 6.07) is 17.9. The van der Waals surface area contributed by atoms with Gasteiger partial charge in [0.2, 0.25) is 0 Å². The van der Waals surface area contributed by atoms with Gasteiger partial charge in [-0.05, 0) is 74.0 Å². The zero-order valence-corrected chi connectivity index (χ0v) is 18.1. The van der Waals surface area contributed by atoms with Crippen LogP contribution in [0.5, 0.6) is 0 Å².